The van der Waals surface area contributed by atoms with Gasteiger partial charge in [0.1, 0.15) is 11.2 Å². The van der Waals surface area contributed by atoms with Gasteiger partial charge in [0, 0.05) is 49.4 Å². The molecule has 3 fully saturated rings. The Balaban J connectivity index is 1.38. The quantitative estimate of drug-likeness (QED) is 0.253. The molecule has 2 saturated heterocycles. The van der Waals surface area contributed by atoms with Crippen molar-refractivity contribution >= 4 is 44.6 Å². The molecule has 2 aliphatic heterocycles. The van der Waals surface area contributed by atoms with Gasteiger partial charge < -0.3 is 9.80 Å². The first-order valence-electron chi connectivity index (χ1n) is 16.8. The number of piperidine rings is 1. The summed E-state index contributed by atoms with van der Waals surface area (Å²) in [4.78, 5) is 7.22. The number of aromatic nitrogens is 1. The van der Waals surface area contributed by atoms with Gasteiger partial charge in [-0.3, -0.25) is 4.90 Å². The van der Waals surface area contributed by atoms with Gasteiger partial charge in [0.15, 0.2) is 0 Å². The fraction of sp³-hybridized carbons (Fsp3) is 0.528. The Kier molecular flexibility index (Phi) is 10.1. The van der Waals surface area contributed by atoms with E-state index in [4.69, 9.17) is 0 Å². The predicted octanol–water partition coefficient (Wildman–Crippen LogP) is 5.98. The minimum absolute atomic E-state index is 0.259. The molecule has 45 heavy (non-hydrogen) atoms. The number of rotatable bonds is 10. The van der Waals surface area contributed by atoms with Crippen LogP contribution in [0.15, 0.2) is 65.7 Å². The molecule has 1 aromatic heterocycles. The van der Waals surface area contributed by atoms with Gasteiger partial charge in [-0.1, -0.05) is 49.7 Å². The Labute approximate surface area is 274 Å². The molecule has 3 unspecified atom stereocenters. The molecule has 0 N–H and O–H groups in total. The van der Waals surface area contributed by atoms with Crippen molar-refractivity contribution in [1.29, 1.82) is 0 Å². The van der Waals surface area contributed by atoms with E-state index in [1.165, 1.54) is 27.3 Å². The monoisotopic (exact) mass is 648 g/mol. The van der Waals surface area contributed by atoms with Crippen LogP contribution in [0.3, 0.4) is 0 Å². The van der Waals surface area contributed by atoms with Gasteiger partial charge in [0.2, 0.25) is 10.0 Å². The maximum Gasteiger partial charge on any atom is 0.282 e. The molecule has 3 atom stereocenters. The summed E-state index contributed by atoms with van der Waals surface area (Å²) in [5, 5.41) is 2.49. The number of benzene rings is 2. The third-order valence-electron chi connectivity index (χ3n) is 9.82. The van der Waals surface area contributed by atoms with Gasteiger partial charge in [-0.15, -0.1) is 11.8 Å². The lowest BCUT2D eigenvalue weighted by Crippen LogP contribution is -2.47. The molecule has 7 nitrogen and oxygen atoms in total. The summed E-state index contributed by atoms with van der Waals surface area (Å²) in [6, 6.07) is 22.2. The van der Waals surface area contributed by atoms with Gasteiger partial charge in [-0.05, 0) is 82.5 Å². The molecule has 3 aromatic rings. The Morgan fingerprint density at radius 3 is 2.42 bits per heavy atom. The molecular weight excluding hydrogens is 599 g/mol. The summed E-state index contributed by atoms with van der Waals surface area (Å²) < 4.78 is 31.4. The fourth-order valence-electron chi connectivity index (χ4n) is 7.37. The summed E-state index contributed by atoms with van der Waals surface area (Å²) >= 11 is 1.89. The van der Waals surface area contributed by atoms with Crippen LogP contribution in [0, 0.1) is 0 Å². The fourth-order valence-corrected chi connectivity index (χ4v) is 11.2. The molecule has 9 heteroatoms. The number of para-hydroxylation sites is 2. The highest BCUT2D eigenvalue weighted by atomic mass is 32.2. The van der Waals surface area contributed by atoms with Crippen molar-refractivity contribution in [2.45, 2.75) is 68.4 Å². The maximum absolute atomic E-state index is 13.6. The molecule has 6 rings (SSSR count). The lowest BCUT2D eigenvalue weighted by molar-refractivity contribution is -0.553. The first-order chi connectivity index (χ1) is 21.8. The zero-order valence-corrected chi connectivity index (χ0v) is 29.1. The highest BCUT2D eigenvalue weighted by Gasteiger charge is 2.45. The SMILES string of the molecule is CCCN(CCN(C)C)c1cc(/C=C2\SC3CC(S(=O)(=O)N4CCCCC4)CCC3N2C)c2ccccc2[n+]1-c1ccccc1. The number of fused-ring (bicyclic) bond motifs is 2. The second-order valence-electron chi connectivity index (χ2n) is 13.2. The molecule has 2 aromatic carbocycles. The second-order valence-corrected chi connectivity index (χ2v) is 16.7. The molecular formula is C36H50N5O2S2+. The van der Waals surface area contributed by atoms with Crippen molar-refractivity contribution in [1.82, 2.24) is 14.1 Å². The molecule has 242 valence electrons. The van der Waals surface area contributed by atoms with Crippen molar-refractivity contribution in [3.8, 4) is 5.69 Å². The summed E-state index contributed by atoms with van der Waals surface area (Å²) in [6.45, 7) is 6.53. The predicted molar refractivity (Wildman–Crippen MR) is 189 cm³/mol. The molecule has 3 aliphatic rings. The largest absolute Gasteiger partial charge is 0.365 e. The summed E-state index contributed by atoms with van der Waals surface area (Å²) in [5.41, 5.74) is 3.56. The highest BCUT2D eigenvalue weighted by molar-refractivity contribution is 8.04. The normalized spacial score (nSPS) is 23.6. The van der Waals surface area contributed by atoms with Gasteiger partial charge in [0.25, 0.3) is 5.82 Å². The van der Waals surface area contributed by atoms with E-state index in [-0.39, 0.29) is 5.25 Å². The lowest BCUT2D eigenvalue weighted by atomic mass is 9.93. The first-order valence-corrected chi connectivity index (χ1v) is 19.2. The van der Waals surface area contributed by atoms with Crippen LogP contribution in [-0.2, 0) is 10.0 Å². The molecule has 0 radical (unpaired) electrons. The molecule has 0 spiro atoms. The van der Waals surface area contributed by atoms with Crippen LogP contribution >= 0.6 is 11.8 Å². The van der Waals surface area contributed by atoms with E-state index < -0.39 is 10.0 Å². The standard InChI is InChI=1S/C36H50N5O2S2/c1-5-20-39(24-23-37(2)3)35-25-28(31-16-10-11-17-32(31)41(35)29-14-8-6-9-15-29)26-36-38(4)33-19-18-30(27-34(33)44-36)45(42,43)40-21-12-7-13-22-40/h6,8-11,14-17,25-26,30,33-34H,5,7,12-13,18-24,27H2,1-4H3/q+1. The van der Waals surface area contributed by atoms with E-state index in [9.17, 15) is 8.42 Å². The van der Waals surface area contributed by atoms with Crippen molar-refractivity contribution < 1.29 is 13.0 Å². The number of sulfonamides is 1. The van der Waals surface area contributed by atoms with Crippen LogP contribution < -0.4 is 9.47 Å². The second kappa shape index (κ2) is 14.0. The van der Waals surface area contributed by atoms with Crippen LogP contribution in [0.1, 0.15) is 57.4 Å². The third-order valence-corrected chi connectivity index (χ3v) is 13.6. The zero-order chi connectivity index (χ0) is 31.6. The Bertz CT molecular complexity index is 1600. The van der Waals surface area contributed by atoms with Gasteiger partial charge in [-0.2, -0.15) is 4.57 Å². The van der Waals surface area contributed by atoms with Gasteiger partial charge in [-0.25, -0.2) is 12.7 Å². The smallest absolute Gasteiger partial charge is 0.282 e. The topological polar surface area (TPSA) is 51.0 Å². The molecule has 0 bridgehead atoms. The number of thioether (sulfide) groups is 1. The minimum Gasteiger partial charge on any atom is -0.365 e. The van der Waals surface area contributed by atoms with E-state index >= 15 is 0 Å². The van der Waals surface area contributed by atoms with Crippen molar-refractivity contribution in [3.63, 3.8) is 0 Å². The number of anilines is 1. The van der Waals surface area contributed by atoms with Crippen LogP contribution in [0.5, 0.6) is 0 Å². The first kappa shape index (κ1) is 32.4. The lowest BCUT2D eigenvalue weighted by Gasteiger charge is -2.36. The van der Waals surface area contributed by atoms with E-state index in [0.29, 0.717) is 24.4 Å². The van der Waals surface area contributed by atoms with Crippen LogP contribution in [-0.4, -0.2) is 92.9 Å². The Hall–Kier alpha value is -2.59. The molecule has 0 amide bonds. The summed E-state index contributed by atoms with van der Waals surface area (Å²) in [6.07, 6.45) is 8.97. The average Bonchev–Trinajstić information content (AvgIpc) is 3.37. The molecule has 1 aliphatic carbocycles. The summed E-state index contributed by atoms with van der Waals surface area (Å²) in [7, 11) is 3.25. The number of pyridine rings is 1. The van der Waals surface area contributed by atoms with E-state index in [1.807, 2.05) is 11.8 Å². The number of likely N-dealkylation sites (N-methyl/N-ethyl adjacent to an activating group) is 1. The number of nitrogens with zero attached hydrogens (tertiary/aromatic N) is 5. The van der Waals surface area contributed by atoms with Crippen molar-refractivity contribution in [2.75, 3.05) is 58.8 Å². The maximum atomic E-state index is 13.6. The molecule has 3 heterocycles. The Morgan fingerprint density at radius 2 is 1.69 bits per heavy atom. The average molecular weight is 649 g/mol. The van der Waals surface area contributed by atoms with Crippen LogP contribution in [0.4, 0.5) is 5.82 Å². The van der Waals surface area contributed by atoms with E-state index in [2.05, 4.69) is 114 Å². The number of hydrogen-bond donors (Lipinski definition) is 0. The highest BCUT2D eigenvalue weighted by Crippen LogP contribution is 2.47. The van der Waals surface area contributed by atoms with E-state index in [0.717, 1.165) is 70.3 Å². The van der Waals surface area contributed by atoms with Crippen LogP contribution in [0.2, 0.25) is 0 Å². The Morgan fingerprint density at radius 1 is 0.956 bits per heavy atom. The summed E-state index contributed by atoms with van der Waals surface area (Å²) in [5.74, 6) is 1.20. The van der Waals surface area contributed by atoms with Crippen molar-refractivity contribution in [3.05, 3.63) is 71.3 Å². The minimum atomic E-state index is -3.24. The van der Waals surface area contributed by atoms with Crippen molar-refractivity contribution in [2.24, 2.45) is 0 Å². The van der Waals surface area contributed by atoms with E-state index in [1.54, 1.807) is 4.31 Å². The molecule has 1 saturated carbocycles. The third kappa shape index (κ3) is 6.78. The van der Waals surface area contributed by atoms with Gasteiger partial charge >= 0.3 is 0 Å². The number of hydrogen-bond acceptors (Lipinski definition) is 6. The zero-order valence-electron chi connectivity index (χ0n) is 27.4. The van der Waals surface area contributed by atoms with Crippen LogP contribution in [0.25, 0.3) is 22.7 Å². The van der Waals surface area contributed by atoms with Gasteiger partial charge in [0.05, 0.1) is 23.4 Å².